The van der Waals surface area contributed by atoms with E-state index in [-0.39, 0.29) is 36.4 Å². The molecule has 0 unspecified atom stereocenters. The highest BCUT2D eigenvalue weighted by atomic mass is 127. The molecule has 0 aliphatic carbocycles. The van der Waals surface area contributed by atoms with Gasteiger partial charge in [0.1, 0.15) is 0 Å². The predicted octanol–water partition coefficient (Wildman–Crippen LogP) is 1.18. The summed E-state index contributed by atoms with van der Waals surface area (Å²) >= 11 is 0. The summed E-state index contributed by atoms with van der Waals surface area (Å²) in [6, 6.07) is 4.08. The number of guanidine groups is 1. The van der Waals surface area contributed by atoms with Crippen LogP contribution in [-0.4, -0.2) is 48.5 Å². The summed E-state index contributed by atoms with van der Waals surface area (Å²) in [7, 11) is 5.68. The van der Waals surface area contributed by atoms with Gasteiger partial charge in [-0.05, 0) is 18.6 Å². The molecule has 120 valence electrons. The van der Waals surface area contributed by atoms with Crippen molar-refractivity contribution in [1.82, 2.24) is 20.1 Å². The Kier molecular flexibility index (Phi) is 9.85. The Balaban J connectivity index is 0.00000400. The molecule has 1 heterocycles. The molecule has 0 aromatic carbocycles. The van der Waals surface area contributed by atoms with E-state index in [1.807, 2.05) is 38.2 Å². The van der Waals surface area contributed by atoms with Crippen molar-refractivity contribution < 1.29 is 4.79 Å². The van der Waals surface area contributed by atoms with Gasteiger partial charge in [-0.2, -0.15) is 0 Å². The number of nitrogens with one attached hydrogen (secondary N) is 2. The Labute approximate surface area is 144 Å². The number of hydrogen-bond acceptors (Lipinski definition) is 2. The van der Waals surface area contributed by atoms with Crippen LogP contribution in [0.1, 0.15) is 19.0 Å². The fourth-order valence-electron chi connectivity index (χ4n) is 1.85. The molecule has 0 saturated heterocycles. The van der Waals surface area contributed by atoms with Crippen molar-refractivity contribution in [3.8, 4) is 0 Å². The van der Waals surface area contributed by atoms with E-state index in [9.17, 15) is 4.79 Å². The number of amides is 1. The highest BCUT2D eigenvalue weighted by Crippen LogP contribution is 2.03. The van der Waals surface area contributed by atoms with Crippen LogP contribution in [-0.2, 0) is 18.4 Å². The van der Waals surface area contributed by atoms with Crippen molar-refractivity contribution >= 4 is 35.8 Å². The standard InChI is InChI=1S/C14H25N5O.HI/c1-5-8-16-13(20)10-17-14(15-2)19(4)11-12-7-6-9-18(12)3;/h6-7,9H,5,8,10-11H2,1-4H3,(H,15,17)(H,16,20);1H. The van der Waals surface area contributed by atoms with E-state index < -0.39 is 0 Å². The fourth-order valence-corrected chi connectivity index (χ4v) is 1.85. The fraction of sp³-hybridized carbons (Fsp3) is 0.571. The van der Waals surface area contributed by atoms with Gasteiger partial charge in [-0.1, -0.05) is 6.92 Å². The predicted molar refractivity (Wildman–Crippen MR) is 97.0 cm³/mol. The Morgan fingerprint density at radius 3 is 2.67 bits per heavy atom. The molecule has 0 bridgehead atoms. The SMILES string of the molecule is CCCNC(=O)CNC(=NC)N(C)Cc1cccn1C.I. The third kappa shape index (κ3) is 6.83. The van der Waals surface area contributed by atoms with E-state index in [1.165, 1.54) is 5.69 Å². The number of halogens is 1. The zero-order valence-electron chi connectivity index (χ0n) is 13.2. The third-order valence-corrected chi connectivity index (χ3v) is 3.00. The van der Waals surface area contributed by atoms with Gasteiger partial charge in [-0.3, -0.25) is 9.79 Å². The number of aromatic nitrogens is 1. The van der Waals surface area contributed by atoms with Crippen LogP contribution in [0.25, 0.3) is 0 Å². The van der Waals surface area contributed by atoms with E-state index >= 15 is 0 Å². The minimum absolute atomic E-state index is 0. The zero-order valence-corrected chi connectivity index (χ0v) is 15.5. The molecular formula is C14H26IN5O. The molecule has 7 heteroatoms. The molecule has 0 atom stereocenters. The van der Waals surface area contributed by atoms with Crippen LogP contribution in [0.15, 0.2) is 23.3 Å². The first kappa shape index (κ1) is 19.8. The number of nitrogens with zero attached hydrogens (tertiary/aromatic N) is 3. The Morgan fingerprint density at radius 1 is 1.43 bits per heavy atom. The van der Waals surface area contributed by atoms with Gasteiger partial charge in [-0.15, -0.1) is 24.0 Å². The average Bonchev–Trinajstić information content (AvgIpc) is 2.82. The van der Waals surface area contributed by atoms with Crippen LogP contribution in [0, 0.1) is 0 Å². The van der Waals surface area contributed by atoms with Gasteiger partial charge in [0.2, 0.25) is 5.91 Å². The van der Waals surface area contributed by atoms with Crippen molar-refractivity contribution in [2.45, 2.75) is 19.9 Å². The van der Waals surface area contributed by atoms with Crippen LogP contribution in [0.2, 0.25) is 0 Å². The second kappa shape index (κ2) is 10.5. The minimum atomic E-state index is -0.0136. The zero-order chi connectivity index (χ0) is 15.0. The number of carbonyl (C=O) groups is 1. The molecule has 0 saturated carbocycles. The molecule has 1 aromatic heterocycles. The molecule has 0 fully saturated rings. The van der Waals surface area contributed by atoms with E-state index in [1.54, 1.807) is 7.05 Å². The summed E-state index contributed by atoms with van der Waals surface area (Å²) in [6.45, 7) is 3.71. The molecule has 0 radical (unpaired) electrons. The second-order valence-electron chi connectivity index (χ2n) is 4.72. The minimum Gasteiger partial charge on any atom is -0.355 e. The number of hydrogen-bond donors (Lipinski definition) is 2. The molecule has 1 amide bonds. The largest absolute Gasteiger partial charge is 0.355 e. The van der Waals surface area contributed by atoms with Gasteiger partial charge in [-0.25, -0.2) is 0 Å². The smallest absolute Gasteiger partial charge is 0.239 e. The summed E-state index contributed by atoms with van der Waals surface area (Å²) in [6.07, 6.45) is 2.95. The summed E-state index contributed by atoms with van der Waals surface area (Å²) in [5, 5.41) is 5.89. The molecule has 0 aliphatic rings. The van der Waals surface area contributed by atoms with E-state index in [4.69, 9.17) is 0 Å². The molecule has 0 spiro atoms. The van der Waals surface area contributed by atoms with Crippen molar-refractivity contribution in [3.05, 3.63) is 24.0 Å². The summed E-state index contributed by atoms with van der Waals surface area (Å²) in [4.78, 5) is 17.7. The summed E-state index contributed by atoms with van der Waals surface area (Å²) < 4.78 is 2.07. The molecular weight excluding hydrogens is 381 g/mol. The Morgan fingerprint density at radius 2 is 2.14 bits per heavy atom. The lowest BCUT2D eigenvalue weighted by Crippen LogP contribution is -2.44. The maximum atomic E-state index is 11.6. The van der Waals surface area contributed by atoms with Crippen LogP contribution < -0.4 is 10.6 Å². The maximum Gasteiger partial charge on any atom is 0.239 e. The van der Waals surface area contributed by atoms with Gasteiger partial charge >= 0.3 is 0 Å². The second-order valence-corrected chi connectivity index (χ2v) is 4.72. The number of aliphatic imine (C=N–C) groups is 1. The van der Waals surface area contributed by atoms with Crippen LogP contribution in [0.5, 0.6) is 0 Å². The first-order valence-corrected chi connectivity index (χ1v) is 6.87. The quantitative estimate of drug-likeness (QED) is 0.423. The molecule has 1 aromatic rings. The third-order valence-electron chi connectivity index (χ3n) is 3.00. The Hall–Kier alpha value is -1.25. The highest BCUT2D eigenvalue weighted by molar-refractivity contribution is 14.0. The lowest BCUT2D eigenvalue weighted by molar-refractivity contribution is -0.120. The van der Waals surface area contributed by atoms with E-state index in [2.05, 4.69) is 26.3 Å². The summed E-state index contributed by atoms with van der Waals surface area (Å²) in [5.41, 5.74) is 1.19. The number of aryl methyl sites for hydroxylation is 1. The lowest BCUT2D eigenvalue weighted by atomic mass is 10.4. The first-order valence-electron chi connectivity index (χ1n) is 6.87. The molecule has 6 nitrogen and oxygen atoms in total. The van der Waals surface area contributed by atoms with Crippen LogP contribution in [0.3, 0.4) is 0 Å². The monoisotopic (exact) mass is 407 g/mol. The van der Waals surface area contributed by atoms with Crippen molar-refractivity contribution in [1.29, 1.82) is 0 Å². The number of rotatable bonds is 6. The van der Waals surface area contributed by atoms with Gasteiger partial charge in [0.15, 0.2) is 5.96 Å². The lowest BCUT2D eigenvalue weighted by Gasteiger charge is -2.22. The van der Waals surface area contributed by atoms with Gasteiger partial charge < -0.3 is 20.1 Å². The van der Waals surface area contributed by atoms with E-state index in [0.29, 0.717) is 12.5 Å². The molecule has 21 heavy (non-hydrogen) atoms. The summed E-state index contributed by atoms with van der Waals surface area (Å²) in [5.74, 6) is 0.693. The normalized spacial score (nSPS) is 10.8. The van der Waals surface area contributed by atoms with Gasteiger partial charge in [0.25, 0.3) is 0 Å². The average molecular weight is 407 g/mol. The Bertz CT molecular complexity index is 458. The topological polar surface area (TPSA) is 61.7 Å². The van der Waals surface area contributed by atoms with Crippen molar-refractivity contribution in [3.63, 3.8) is 0 Å². The van der Waals surface area contributed by atoms with Gasteiger partial charge in [0, 0.05) is 39.6 Å². The van der Waals surface area contributed by atoms with Crippen molar-refractivity contribution in [2.24, 2.45) is 12.0 Å². The molecule has 1 rings (SSSR count). The maximum absolute atomic E-state index is 11.6. The van der Waals surface area contributed by atoms with Crippen molar-refractivity contribution in [2.75, 3.05) is 27.2 Å². The first-order chi connectivity index (χ1) is 9.58. The molecule has 2 N–H and O–H groups in total. The number of carbonyl (C=O) groups excluding carboxylic acids is 1. The highest BCUT2D eigenvalue weighted by Gasteiger charge is 2.09. The van der Waals surface area contributed by atoms with E-state index in [0.717, 1.165) is 13.0 Å². The molecule has 0 aliphatic heterocycles. The van der Waals surface area contributed by atoms with Gasteiger partial charge in [0.05, 0.1) is 13.1 Å². The van der Waals surface area contributed by atoms with Crippen LogP contribution >= 0.6 is 24.0 Å². The van der Waals surface area contributed by atoms with Crippen LogP contribution in [0.4, 0.5) is 0 Å².